The topological polar surface area (TPSA) is 68.9 Å². The van der Waals surface area contributed by atoms with Gasteiger partial charge in [0.15, 0.2) is 5.11 Å². The molecule has 0 atom stereocenters. The zero-order chi connectivity index (χ0) is 18.4. The Labute approximate surface area is 158 Å². The summed E-state index contributed by atoms with van der Waals surface area (Å²) in [6, 6.07) is 8.28. The Bertz CT molecular complexity index is 872. The molecule has 0 spiro atoms. The Morgan fingerprint density at radius 1 is 1.08 bits per heavy atom. The Hall–Kier alpha value is -2.71. The number of nitrogens with zero attached hydrogens (tertiary/aromatic N) is 4. The summed E-state index contributed by atoms with van der Waals surface area (Å²) in [5.41, 5.74) is 4.12. The highest BCUT2D eigenvalue weighted by Crippen LogP contribution is 2.12. The third-order valence-electron chi connectivity index (χ3n) is 3.80. The van der Waals surface area contributed by atoms with Crippen LogP contribution in [0.1, 0.15) is 18.1 Å². The van der Waals surface area contributed by atoms with Gasteiger partial charge in [0.05, 0.1) is 36.5 Å². The predicted molar refractivity (Wildman–Crippen MR) is 106 cm³/mol. The van der Waals surface area contributed by atoms with Gasteiger partial charge in [-0.15, -0.1) is 0 Å². The van der Waals surface area contributed by atoms with Crippen LogP contribution in [0.25, 0.3) is 0 Å². The van der Waals surface area contributed by atoms with E-state index in [0.29, 0.717) is 18.5 Å². The molecule has 0 bridgehead atoms. The number of hydrogen-bond donors (Lipinski definition) is 2. The lowest BCUT2D eigenvalue weighted by Crippen LogP contribution is -2.18. The predicted octanol–water partition coefficient (Wildman–Crippen LogP) is 3.24. The summed E-state index contributed by atoms with van der Waals surface area (Å²) >= 11 is 5.35. The summed E-state index contributed by atoms with van der Waals surface area (Å²) in [5.74, 6) is 0. The van der Waals surface area contributed by atoms with E-state index >= 15 is 0 Å². The molecule has 8 heteroatoms. The van der Waals surface area contributed by atoms with Crippen LogP contribution in [-0.4, -0.2) is 31.3 Å². The number of aryl methyl sites for hydroxylation is 1. The van der Waals surface area contributed by atoms with Gasteiger partial charge in [-0.05, 0) is 37.2 Å². The van der Waals surface area contributed by atoms with Crippen molar-refractivity contribution in [2.24, 2.45) is 0 Å². The normalized spacial score (nSPS) is 10.7. The van der Waals surface area contributed by atoms with Gasteiger partial charge in [-0.25, -0.2) is 4.68 Å². The van der Waals surface area contributed by atoms with Crippen LogP contribution in [0.4, 0.5) is 11.4 Å². The van der Waals surface area contributed by atoms with Crippen molar-refractivity contribution in [1.29, 1.82) is 0 Å². The number of benzene rings is 1. The van der Waals surface area contributed by atoms with Crippen molar-refractivity contribution in [1.82, 2.24) is 19.6 Å². The molecule has 2 aromatic heterocycles. The minimum atomic E-state index is 0.421. The number of nitrogens with one attached hydrogen (secondary N) is 2. The van der Waals surface area contributed by atoms with E-state index in [1.807, 2.05) is 36.1 Å². The average Bonchev–Trinajstić information content (AvgIpc) is 3.24. The molecule has 1 aromatic carbocycles. The van der Waals surface area contributed by atoms with Crippen molar-refractivity contribution in [3.05, 3.63) is 60.2 Å². The maximum atomic E-state index is 5.35. The summed E-state index contributed by atoms with van der Waals surface area (Å²) in [4.78, 5) is 0. The standard InChI is InChI=1S/C18H22N6OS/c1-3-25-13-24-12-17(9-20-24)22-18(26)21-16-8-19-23(11-16)10-15-7-5-4-6-14(15)2/h4-9,11-12H,3,10,13H2,1-2H3,(H2,21,22,26). The van der Waals surface area contributed by atoms with E-state index in [9.17, 15) is 0 Å². The van der Waals surface area contributed by atoms with E-state index in [1.54, 1.807) is 17.1 Å². The first-order chi connectivity index (χ1) is 12.6. The summed E-state index contributed by atoms with van der Waals surface area (Å²) < 4.78 is 8.89. The molecule has 0 aliphatic heterocycles. The Balaban J connectivity index is 1.54. The van der Waals surface area contributed by atoms with Crippen molar-refractivity contribution in [3.63, 3.8) is 0 Å². The number of thiocarbonyl (C=S) groups is 1. The number of hydrogen-bond acceptors (Lipinski definition) is 4. The van der Waals surface area contributed by atoms with Crippen molar-refractivity contribution in [2.75, 3.05) is 17.2 Å². The highest BCUT2D eigenvalue weighted by molar-refractivity contribution is 7.80. The molecule has 0 saturated carbocycles. The van der Waals surface area contributed by atoms with Crippen LogP contribution in [0, 0.1) is 6.92 Å². The molecule has 0 fully saturated rings. The summed E-state index contributed by atoms with van der Waals surface area (Å²) in [7, 11) is 0. The lowest BCUT2D eigenvalue weighted by atomic mass is 10.1. The van der Waals surface area contributed by atoms with Crippen LogP contribution in [0.5, 0.6) is 0 Å². The minimum Gasteiger partial charge on any atom is -0.360 e. The highest BCUT2D eigenvalue weighted by Gasteiger charge is 2.05. The molecule has 0 amide bonds. The molecule has 0 aliphatic rings. The van der Waals surface area contributed by atoms with E-state index in [2.05, 4.69) is 39.9 Å². The Kier molecular flexibility index (Phi) is 5.98. The third kappa shape index (κ3) is 4.90. The second-order valence-electron chi connectivity index (χ2n) is 5.82. The largest absolute Gasteiger partial charge is 0.360 e. The van der Waals surface area contributed by atoms with Gasteiger partial charge < -0.3 is 15.4 Å². The van der Waals surface area contributed by atoms with Crippen LogP contribution >= 0.6 is 12.2 Å². The minimum absolute atomic E-state index is 0.421. The summed E-state index contributed by atoms with van der Waals surface area (Å²) in [6.45, 7) is 5.83. The first kappa shape index (κ1) is 18.1. The average molecular weight is 370 g/mol. The molecule has 2 N–H and O–H groups in total. The van der Waals surface area contributed by atoms with Gasteiger partial charge >= 0.3 is 0 Å². The molecule has 136 valence electrons. The second-order valence-corrected chi connectivity index (χ2v) is 6.23. The maximum absolute atomic E-state index is 5.35. The number of rotatable bonds is 7. The lowest BCUT2D eigenvalue weighted by molar-refractivity contribution is 0.0792. The van der Waals surface area contributed by atoms with Gasteiger partial charge in [0.2, 0.25) is 0 Å². The third-order valence-corrected chi connectivity index (χ3v) is 4.01. The van der Waals surface area contributed by atoms with E-state index < -0.39 is 0 Å². The number of anilines is 2. The molecule has 3 aromatic rings. The van der Waals surface area contributed by atoms with Gasteiger partial charge in [0.25, 0.3) is 0 Å². The maximum Gasteiger partial charge on any atom is 0.175 e. The van der Waals surface area contributed by atoms with Crippen molar-refractivity contribution in [3.8, 4) is 0 Å². The van der Waals surface area contributed by atoms with Crippen LogP contribution in [0.15, 0.2) is 49.1 Å². The summed E-state index contributed by atoms with van der Waals surface area (Å²) in [5, 5.41) is 15.3. The lowest BCUT2D eigenvalue weighted by Gasteiger charge is -2.07. The van der Waals surface area contributed by atoms with Crippen LogP contribution in [0.3, 0.4) is 0 Å². The molecule has 0 radical (unpaired) electrons. The molecule has 0 saturated heterocycles. The van der Waals surface area contributed by atoms with Crippen molar-refractivity contribution >= 4 is 28.7 Å². The Morgan fingerprint density at radius 2 is 1.73 bits per heavy atom. The van der Waals surface area contributed by atoms with Crippen molar-refractivity contribution in [2.45, 2.75) is 27.1 Å². The smallest absolute Gasteiger partial charge is 0.175 e. The molecule has 2 heterocycles. The van der Waals surface area contributed by atoms with E-state index in [1.165, 1.54) is 11.1 Å². The van der Waals surface area contributed by atoms with Gasteiger partial charge in [0.1, 0.15) is 6.73 Å². The molecular formula is C18H22N6OS. The molecule has 3 rings (SSSR count). The molecule has 0 aliphatic carbocycles. The van der Waals surface area contributed by atoms with Gasteiger partial charge in [-0.3, -0.25) is 4.68 Å². The first-order valence-electron chi connectivity index (χ1n) is 8.39. The van der Waals surface area contributed by atoms with Gasteiger partial charge in [-0.1, -0.05) is 24.3 Å². The van der Waals surface area contributed by atoms with Crippen LogP contribution in [0.2, 0.25) is 0 Å². The highest BCUT2D eigenvalue weighted by atomic mass is 32.1. The van der Waals surface area contributed by atoms with Crippen molar-refractivity contribution < 1.29 is 4.74 Å². The molecule has 26 heavy (non-hydrogen) atoms. The quantitative estimate of drug-likeness (QED) is 0.622. The molecular weight excluding hydrogens is 348 g/mol. The summed E-state index contributed by atoms with van der Waals surface area (Å²) in [6.07, 6.45) is 7.23. The zero-order valence-electron chi connectivity index (χ0n) is 14.8. The fourth-order valence-electron chi connectivity index (χ4n) is 2.45. The fourth-order valence-corrected chi connectivity index (χ4v) is 2.69. The second kappa shape index (κ2) is 8.59. The fraction of sp³-hybridized carbons (Fsp3) is 0.278. The first-order valence-corrected chi connectivity index (χ1v) is 8.80. The van der Waals surface area contributed by atoms with E-state index in [-0.39, 0.29) is 0 Å². The molecule has 7 nitrogen and oxygen atoms in total. The monoisotopic (exact) mass is 370 g/mol. The molecule has 0 unspecified atom stereocenters. The van der Waals surface area contributed by atoms with Gasteiger partial charge in [-0.2, -0.15) is 10.2 Å². The van der Waals surface area contributed by atoms with E-state index in [0.717, 1.165) is 17.9 Å². The van der Waals surface area contributed by atoms with Crippen LogP contribution < -0.4 is 10.6 Å². The number of ether oxygens (including phenoxy) is 1. The van der Waals surface area contributed by atoms with Gasteiger partial charge in [0, 0.05) is 12.8 Å². The van der Waals surface area contributed by atoms with E-state index in [4.69, 9.17) is 17.0 Å². The zero-order valence-corrected chi connectivity index (χ0v) is 15.7. The number of aromatic nitrogens is 4. The van der Waals surface area contributed by atoms with Crippen LogP contribution in [-0.2, 0) is 18.0 Å². The Morgan fingerprint density at radius 3 is 2.42 bits per heavy atom. The SMILES string of the molecule is CCOCn1cc(NC(=S)Nc2cnn(Cc3ccccc3C)c2)cn1.